The van der Waals surface area contributed by atoms with Gasteiger partial charge < -0.3 is 9.15 Å². The third-order valence-electron chi connectivity index (χ3n) is 2.98. The van der Waals surface area contributed by atoms with Gasteiger partial charge in [-0.1, -0.05) is 26.0 Å². The van der Waals surface area contributed by atoms with Crippen LogP contribution in [0, 0.1) is 0 Å². The lowest BCUT2D eigenvalue weighted by Crippen LogP contribution is -2.00. The van der Waals surface area contributed by atoms with E-state index in [2.05, 4.69) is 13.8 Å². The van der Waals surface area contributed by atoms with E-state index < -0.39 is 0 Å². The van der Waals surface area contributed by atoms with Gasteiger partial charge in [0.2, 0.25) is 0 Å². The molecule has 1 heterocycles. The van der Waals surface area contributed by atoms with Gasteiger partial charge in [0.15, 0.2) is 0 Å². The van der Waals surface area contributed by atoms with Crippen LogP contribution >= 0.6 is 0 Å². The van der Waals surface area contributed by atoms with Crippen LogP contribution < -0.4 is 0 Å². The minimum absolute atomic E-state index is 0.352. The van der Waals surface area contributed by atoms with E-state index in [0.29, 0.717) is 11.1 Å². The molecule has 0 aliphatic heterocycles. The van der Waals surface area contributed by atoms with Crippen LogP contribution in [0.25, 0.3) is 11.0 Å². The average Bonchev–Trinajstić information content (AvgIpc) is 2.74. The van der Waals surface area contributed by atoms with E-state index in [-0.39, 0.29) is 5.97 Å². The third-order valence-corrected chi connectivity index (χ3v) is 2.98. The van der Waals surface area contributed by atoms with Crippen molar-refractivity contribution in [1.82, 2.24) is 0 Å². The first-order chi connectivity index (χ1) is 8.22. The summed E-state index contributed by atoms with van der Waals surface area (Å²) in [6.45, 7) is 4.14. The summed E-state index contributed by atoms with van der Waals surface area (Å²) in [5, 5.41) is 1.02. The highest BCUT2D eigenvalue weighted by Crippen LogP contribution is 2.29. The number of para-hydroxylation sites is 1. The van der Waals surface area contributed by atoms with Gasteiger partial charge in [-0.3, -0.25) is 0 Å². The molecule has 2 aromatic rings. The van der Waals surface area contributed by atoms with Gasteiger partial charge in [-0.25, -0.2) is 4.79 Å². The largest absolute Gasteiger partial charge is 0.465 e. The molecule has 0 aliphatic carbocycles. The molecule has 0 unspecified atom stereocenters. The fraction of sp³-hybridized carbons (Fsp3) is 0.357. The van der Waals surface area contributed by atoms with Crippen LogP contribution in [0.5, 0.6) is 0 Å². The van der Waals surface area contributed by atoms with Crippen LogP contribution in [-0.2, 0) is 17.6 Å². The van der Waals surface area contributed by atoms with Crippen molar-refractivity contribution in [2.45, 2.75) is 26.7 Å². The minimum atomic E-state index is -0.352. The van der Waals surface area contributed by atoms with Gasteiger partial charge in [-0.2, -0.15) is 0 Å². The van der Waals surface area contributed by atoms with Gasteiger partial charge in [0.1, 0.15) is 16.9 Å². The van der Waals surface area contributed by atoms with E-state index in [1.54, 1.807) is 6.07 Å². The van der Waals surface area contributed by atoms with E-state index in [1.807, 2.05) is 12.1 Å². The van der Waals surface area contributed by atoms with Crippen molar-refractivity contribution < 1.29 is 13.9 Å². The number of hydrogen-bond donors (Lipinski definition) is 0. The van der Waals surface area contributed by atoms with E-state index >= 15 is 0 Å². The zero-order valence-electron chi connectivity index (χ0n) is 10.4. The molecular weight excluding hydrogens is 216 g/mol. The Bertz CT molecular complexity index is 552. The molecule has 1 aromatic carbocycles. The number of carbonyl (C=O) groups is 1. The Hall–Kier alpha value is -1.77. The molecular formula is C14H16O3. The summed E-state index contributed by atoms with van der Waals surface area (Å²) in [5.41, 5.74) is 2.33. The highest BCUT2D eigenvalue weighted by atomic mass is 16.5. The summed E-state index contributed by atoms with van der Waals surface area (Å²) in [6.07, 6.45) is 1.74. The maximum absolute atomic E-state index is 11.6. The third kappa shape index (κ3) is 1.82. The van der Waals surface area contributed by atoms with Gasteiger partial charge in [0.05, 0.1) is 7.11 Å². The van der Waals surface area contributed by atoms with E-state index in [1.165, 1.54) is 12.7 Å². The van der Waals surface area contributed by atoms with Crippen LogP contribution in [-0.4, -0.2) is 13.1 Å². The second-order valence-electron chi connectivity index (χ2n) is 3.88. The fourth-order valence-electron chi connectivity index (χ4n) is 2.16. The van der Waals surface area contributed by atoms with Gasteiger partial charge in [0.25, 0.3) is 0 Å². The molecule has 3 nitrogen and oxygen atoms in total. The van der Waals surface area contributed by atoms with Crippen molar-refractivity contribution in [1.29, 1.82) is 0 Å². The second-order valence-corrected chi connectivity index (χ2v) is 3.88. The number of aryl methyl sites for hydroxylation is 2. The highest BCUT2D eigenvalue weighted by Gasteiger charge is 2.18. The first-order valence-corrected chi connectivity index (χ1v) is 5.84. The topological polar surface area (TPSA) is 39.4 Å². The average molecular weight is 232 g/mol. The Kier molecular flexibility index (Phi) is 3.18. The lowest BCUT2D eigenvalue weighted by Gasteiger charge is -1.99. The molecule has 3 heteroatoms. The van der Waals surface area contributed by atoms with Crippen LogP contribution in [0.4, 0.5) is 0 Å². The Balaban J connectivity index is 2.73. The number of furan rings is 1. The van der Waals surface area contributed by atoms with Crippen LogP contribution in [0.1, 0.15) is 35.5 Å². The molecule has 0 fully saturated rings. The monoisotopic (exact) mass is 232 g/mol. The molecule has 0 amide bonds. The summed E-state index contributed by atoms with van der Waals surface area (Å²) in [7, 11) is 1.38. The Labute approximate surface area is 100 Å². The number of ether oxygens (including phenoxy) is 1. The standard InChI is InChI=1S/C14H16O3/c1-4-9-10-7-6-8-11(14(15)16-3)13(10)17-12(9)5-2/h6-8H,4-5H2,1-3H3. The van der Waals surface area contributed by atoms with Crippen LogP contribution in [0.2, 0.25) is 0 Å². The zero-order chi connectivity index (χ0) is 12.4. The minimum Gasteiger partial charge on any atom is -0.465 e. The summed E-state index contributed by atoms with van der Waals surface area (Å²) in [4.78, 5) is 11.6. The number of benzene rings is 1. The Morgan fingerprint density at radius 2 is 2.06 bits per heavy atom. The van der Waals surface area contributed by atoms with Crippen molar-refractivity contribution >= 4 is 16.9 Å². The van der Waals surface area contributed by atoms with Gasteiger partial charge in [0, 0.05) is 17.4 Å². The van der Waals surface area contributed by atoms with E-state index in [9.17, 15) is 4.79 Å². The second kappa shape index (κ2) is 4.62. The number of esters is 1. The Morgan fingerprint density at radius 1 is 1.29 bits per heavy atom. The van der Waals surface area contributed by atoms with Gasteiger partial charge in [-0.05, 0) is 12.5 Å². The predicted molar refractivity (Wildman–Crippen MR) is 66.3 cm³/mol. The summed E-state index contributed by atoms with van der Waals surface area (Å²) < 4.78 is 10.6. The summed E-state index contributed by atoms with van der Waals surface area (Å²) in [5.74, 6) is 0.605. The van der Waals surface area contributed by atoms with Gasteiger partial charge in [-0.15, -0.1) is 0 Å². The molecule has 0 N–H and O–H groups in total. The van der Waals surface area contributed by atoms with E-state index in [4.69, 9.17) is 9.15 Å². The number of carbonyl (C=O) groups excluding carboxylic acids is 1. The number of methoxy groups -OCH3 is 1. The summed E-state index contributed by atoms with van der Waals surface area (Å²) in [6, 6.07) is 5.59. The van der Waals surface area contributed by atoms with Crippen molar-refractivity contribution in [2.24, 2.45) is 0 Å². The van der Waals surface area contributed by atoms with Crippen LogP contribution in [0.15, 0.2) is 22.6 Å². The highest BCUT2D eigenvalue weighted by molar-refractivity contribution is 6.03. The van der Waals surface area contributed by atoms with Crippen molar-refractivity contribution in [3.05, 3.63) is 35.1 Å². The molecule has 0 saturated carbocycles. The number of fused-ring (bicyclic) bond motifs is 1. The van der Waals surface area contributed by atoms with Crippen molar-refractivity contribution in [3.63, 3.8) is 0 Å². The molecule has 1 aromatic heterocycles. The molecule has 0 bridgehead atoms. The smallest absolute Gasteiger partial charge is 0.341 e. The predicted octanol–water partition coefficient (Wildman–Crippen LogP) is 3.34. The van der Waals surface area contributed by atoms with E-state index in [0.717, 1.165) is 24.0 Å². The molecule has 0 aliphatic rings. The maximum Gasteiger partial charge on any atom is 0.341 e. The van der Waals surface area contributed by atoms with Gasteiger partial charge >= 0.3 is 5.97 Å². The van der Waals surface area contributed by atoms with Crippen molar-refractivity contribution in [3.8, 4) is 0 Å². The first kappa shape index (κ1) is 11.7. The van der Waals surface area contributed by atoms with Crippen LogP contribution in [0.3, 0.4) is 0 Å². The molecule has 90 valence electrons. The molecule has 0 spiro atoms. The normalized spacial score (nSPS) is 10.8. The first-order valence-electron chi connectivity index (χ1n) is 5.84. The SMILES string of the molecule is CCc1oc2c(C(=O)OC)cccc2c1CC. The maximum atomic E-state index is 11.6. The fourth-order valence-corrected chi connectivity index (χ4v) is 2.16. The quantitative estimate of drug-likeness (QED) is 0.762. The molecule has 0 atom stereocenters. The molecule has 17 heavy (non-hydrogen) atoms. The lowest BCUT2D eigenvalue weighted by molar-refractivity contribution is 0.0601. The molecule has 0 saturated heterocycles. The molecule has 2 rings (SSSR count). The molecule has 0 radical (unpaired) electrons. The number of rotatable bonds is 3. The van der Waals surface area contributed by atoms with Crippen molar-refractivity contribution in [2.75, 3.05) is 7.11 Å². The Morgan fingerprint density at radius 3 is 2.65 bits per heavy atom. The zero-order valence-corrected chi connectivity index (χ0v) is 10.4. The summed E-state index contributed by atoms with van der Waals surface area (Å²) >= 11 is 0. The lowest BCUT2D eigenvalue weighted by atomic mass is 10.0. The number of hydrogen-bond acceptors (Lipinski definition) is 3.